The lowest BCUT2D eigenvalue weighted by molar-refractivity contribution is -0.136. The molecule has 0 saturated carbocycles. The van der Waals surface area contributed by atoms with Gasteiger partial charge in [0.2, 0.25) is 0 Å². The standard InChI is InChI=1S/C26H25NO3/c1-17-13-18(2)24(19(3)14-17)23(28)15-26(30)21-11-7-8-12-22(21)27(25(26)29)16-20-9-5-4-6-10-20/h4-14,30H,15-16H2,1-3H3/t26-/m1/s1. The summed E-state index contributed by atoms with van der Waals surface area (Å²) in [6, 6.07) is 20.7. The van der Waals surface area contributed by atoms with Gasteiger partial charge in [-0.25, -0.2) is 0 Å². The van der Waals surface area contributed by atoms with E-state index in [4.69, 9.17) is 0 Å². The van der Waals surface area contributed by atoms with Crippen molar-refractivity contribution >= 4 is 17.4 Å². The number of fused-ring (bicyclic) bond motifs is 1. The molecule has 0 unspecified atom stereocenters. The molecule has 0 bridgehead atoms. The molecule has 0 aliphatic carbocycles. The number of carbonyl (C=O) groups excluding carboxylic acids is 2. The lowest BCUT2D eigenvalue weighted by Crippen LogP contribution is -2.41. The molecule has 3 aromatic rings. The minimum absolute atomic E-state index is 0.225. The fourth-order valence-electron chi connectivity index (χ4n) is 4.54. The van der Waals surface area contributed by atoms with E-state index in [0.29, 0.717) is 23.4 Å². The second-order valence-electron chi connectivity index (χ2n) is 8.13. The van der Waals surface area contributed by atoms with Gasteiger partial charge >= 0.3 is 0 Å². The van der Waals surface area contributed by atoms with Crippen molar-refractivity contribution in [3.63, 3.8) is 0 Å². The predicted molar refractivity (Wildman–Crippen MR) is 118 cm³/mol. The molecule has 1 aliphatic rings. The smallest absolute Gasteiger partial charge is 0.264 e. The molecule has 3 aromatic carbocycles. The highest BCUT2D eigenvalue weighted by atomic mass is 16.3. The van der Waals surface area contributed by atoms with Crippen molar-refractivity contribution < 1.29 is 14.7 Å². The molecule has 152 valence electrons. The first kappa shape index (κ1) is 20.0. The maximum atomic E-state index is 13.4. The molecule has 1 aliphatic heterocycles. The second kappa shape index (κ2) is 7.54. The van der Waals surface area contributed by atoms with Crippen molar-refractivity contribution in [2.45, 2.75) is 39.3 Å². The fraction of sp³-hybridized carbons (Fsp3) is 0.231. The summed E-state index contributed by atoms with van der Waals surface area (Å²) in [7, 11) is 0. The number of amides is 1. The van der Waals surface area contributed by atoms with Gasteiger partial charge < -0.3 is 10.0 Å². The number of anilines is 1. The highest BCUT2D eigenvalue weighted by molar-refractivity contribution is 6.11. The number of rotatable bonds is 5. The van der Waals surface area contributed by atoms with Crippen LogP contribution in [0.2, 0.25) is 0 Å². The summed E-state index contributed by atoms with van der Waals surface area (Å²) in [5.41, 5.74) is 3.62. The van der Waals surface area contributed by atoms with Gasteiger partial charge in [0.25, 0.3) is 5.91 Å². The second-order valence-corrected chi connectivity index (χ2v) is 8.13. The fourth-order valence-corrected chi connectivity index (χ4v) is 4.54. The lowest BCUT2D eigenvalue weighted by atomic mass is 9.85. The number of hydrogen-bond acceptors (Lipinski definition) is 3. The van der Waals surface area contributed by atoms with Gasteiger partial charge in [-0.3, -0.25) is 9.59 Å². The van der Waals surface area contributed by atoms with E-state index in [9.17, 15) is 14.7 Å². The van der Waals surface area contributed by atoms with Crippen LogP contribution in [-0.2, 0) is 16.9 Å². The van der Waals surface area contributed by atoms with E-state index in [1.54, 1.807) is 17.0 Å². The molecular weight excluding hydrogens is 374 g/mol. The molecule has 0 spiro atoms. The van der Waals surface area contributed by atoms with Crippen molar-refractivity contribution in [2.24, 2.45) is 0 Å². The largest absolute Gasteiger partial charge is 0.375 e. The van der Waals surface area contributed by atoms with Gasteiger partial charge in [-0.2, -0.15) is 0 Å². The Morgan fingerprint density at radius 2 is 1.53 bits per heavy atom. The number of aliphatic hydroxyl groups is 1. The summed E-state index contributed by atoms with van der Waals surface area (Å²) in [6.07, 6.45) is -0.279. The lowest BCUT2D eigenvalue weighted by Gasteiger charge is -2.23. The molecule has 0 fully saturated rings. The number of aryl methyl sites for hydroxylation is 3. The molecule has 1 atom stereocenters. The van der Waals surface area contributed by atoms with Gasteiger partial charge in [0.1, 0.15) is 0 Å². The first-order chi connectivity index (χ1) is 14.3. The quantitative estimate of drug-likeness (QED) is 0.637. The van der Waals surface area contributed by atoms with Crippen LogP contribution < -0.4 is 4.90 Å². The Labute approximate surface area is 176 Å². The Bertz CT molecular complexity index is 1110. The van der Waals surface area contributed by atoms with Crippen LogP contribution in [0.1, 0.15) is 44.6 Å². The number of ketones is 1. The van der Waals surface area contributed by atoms with E-state index in [-0.39, 0.29) is 12.2 Å². The highest BCUT2D eigenvalue weighted by Gasteiger charge is 2.50. The Hall–Kier alpha value is -3.24. The van der Waals surface area contributed by atoms with E-state index in [1.165, 1.54) is 0 Å². The number of carbonyl (C=O) groups is 2. The van der Waals surface area contributed by atoms with E-state index in [0.717, 1.165) is 22.3 Å². The number of benzene rings is 3. The van der Waals surface area contributed by atoms with Gasteiger partial charge in [-0.05, 0) is 43.5 Å². The molecule has 0 radical (unpaired) electrons. The summed E-state index contributed by atoms with van der Waals surface area (Å²) < 4.78 is 0. The van der Waals surface area contributed by atoms with Crippen molar-refractivity contribution in [3.8, 4) is 0 Å². The topological polar surface area (TPSA) is 57.6 Å². The van der Waals surface area contributed by atoms with Crippen molar-refractivity contribution in [1.29, 1.82) is 0 Å². The summed E-state index contributed by atoms with van der Waals surface area (Å²) in [5, 5.41) is 11.5. The first-order valence-electron chi connectivity index (χ1n) is 10.1. The molecule has 4 heteroatoms. The average Bonchev–Trinajstić information content (AvgIpc) is 2.90. The van der Waals surface area contributed by atoms with Crippen LogP contribution >= 0.6 is 0 Å². The normalized spacial score (nSPS) is 17.9. The molecule has 1 N–H and O–H groups in total. The van der Waals surface area contributed by atoms with Crippen LogP contribution in [0.25, 0.3) is 0 Å². The monoisotopic (exact) mass is 399 g/mol. The van der Waals surface area contributed by atoms with Gasteiger partial charge in [0.15, 0.2) is 11.4 Å². The summed E-state index contributed by atoms with van der Waals surface area (Å²) >= 11 is 0. The van der Waals surface area contributed by atoms with Crippen molar-refractivity contribution in [2.75, 3.05) is 4.90 Å². The van der Waals surface area contributed by atoms with E-state index in [2.05, 4.69) is 0 Å². The van der Waals surface area contributed by atoms with Crippen LogP contribution in [-0.4, -0.2) is 16.8 Å². The number of para-hydroxylation sites is 1. The van der Waals surface area contributed by atoms with Gasteiger partial charge in [-0.15, -0.1) is 0 Å². The number of hydrogen-bond donors (Lipinski definition) is 1. The highest BCUT2D eigenvalue weighted by Crippen LogP contribution is 2.43. The zero-order chi connectivity index (χ0) is 21.5. The minimum Gasteiger partial charge on any atom is -0.375 e. The molecule has 0 saturated heterocycles. The van der Waals surface area contributed by atoms with Crippen LogP contribution in [0.15, 0.2) is 66.7 Å². The van der Waals surface area contributed by atoms with Crippen LogP contribution in [0.5, 0.6) is 0 Å². The van der Waals surface area contributed by atoms with E-state index >= 15 is 0 Å². The Kier molecular flexibility index (Phi) is 5.04. The third-order valence-electron chi connectivity index (χ3n) is 5.80. The van der Waals surface area contributed by atoms with Crippen molar-refractivity contribution in [3.05, 3.63) is 100 Å². The molecule has 4 rings (SSSR count). The minimum atomic E-state index is -1.87. The third kappa shape index (κ3) is 3.33. The predicted octanol–water partition coefficient (Wildman–Crippen LogP) is 4.62. The molecule has 1 amide bonds. The molecule has 0 aromatic heterocycles. The molecule has 4 nitrogen and oxygen atoms in total. The summed E-state index contributed by atoms with van der Waals surface area (Å²) in [6.45, 7) is 6.11. The molecular formula is C26H25NO3. The molecule has 1 heterocycles. The maximum absolute atomic E-state index is 13.4. The van der Waals surface area contributed by atoms with E-state index < -0.39 is 11.5 Å². The first-order valence-corrected chi connectivity index (χ1v) is 10.1. The van der Waals surface area contributed by atoms with Gasteiger partial charge in [0.05, 0.1) is 18.7 Å². The molecule has 30 heavy (non-hydrogen) atoms. The van der Waals surface area contributed by atoms with E-state index in [1.807, 2.05) is 75.4 Å². The van der Waals surface area contributed by atoms with Crippen LogP contribution in [0.4, 0.5) is 5.69 Å². The summed E-state index contributed by atoms with van der Waals surface area (Å²) in [5.74, 6) is -0.680. The Balaban J connectivity index is 1.71. The Morgan fingerprint density at radius 1 is 0.933 bits per heavy atom. The Morgan fingerprint density at radius 3 is 2.20 bits per heavy atom. The SMILES string of the molecule is Cc1cc(C)c(C(=O)C[C@]2(O)C(=O)N(Cc3ccccc3)c3ccccc32)c(C)c1. The number of Topliss-reactive ketones (excluding diaryl/α,β-unsaturated/α-hetero) is 1. The van der Waals surface area contributed by atoms with Gasteiger partial charge in [0, 0.05) is 11.1 Å². The maximum Gasteiger partial charge on any atom is 0.264 e. The average molecular weight is 399 g/mol. The summed E-state index contributed by atoms with van der Waals surface area (Å²) in [4.78, 5) is 28.2. The van der Waals surface area contributed by atoms with Gasteiger partial charge in [-0.1, -0.05) is 66.2 Å². The number of nitrogens with zero attached hydrogens (tertiary/aromatic N) is 1. The zero-order valence-corrected chi connectivity index (χ0v) is 17.5. The zero-order valence-electron chi connectivity index (χ0n) is 17.5. The van der Waals surface area contributed by atoms with Crippen LogP contribution in [0.3, 0.4) is 0 Å². The van der Waals surface area contributed by atoms with Crippen molar-refractivity contribution in [1.82, 2.24) is 0 Å². The third-order valence-corrected chi connectivity index (χ3v) is 5.80. The van der Waals surface area contributed by atoms with Crippen LogP contribution in [0, 0.1) is 20.8 Å².